The fourth-order valence-electron chi connectivity index (χ4n) is 3.97. The van der Waals surface area contributed by atoms with Gasteiger partial charge in [-0.15, -0.1) is 0 Å². The Balaban J connectivity index is 1.33. The number of ether oxygens (including phenoxy) is 1. The van der Waals surface area contributed by atoms with E-state index in [1.165, 1.54) is 60.7 Å². The van der Waals surface area contributed by atoms with E-state index >= 15 is 0 Å². The highest BCUT2D eigenvalue weighted by atomic mass is 35.5. The van der Waals surface area contributed by atoms with E-state index in [9.17, 15) is 21.6 Å². The Labute approximate surface area is 241 Å². The quantitative estimate of drug-likeness (QED) is 0.287. The molecule has 5 rings (SSSR count). The third-order valence-electron chi connectivity index (χ3n) is 5.96. The number of benzene rings is 4. The van der Waals surface area contributed by atoms with Gasteiger partial charge in [-0.05, 0) is 84.9 Å². The average molecular weight is 619 g/mol. The molecular formula is C27H21Cl2N3O6S2. The molecule has 13 heteroatoms. The van der Waals surface area contributed by atoms with Crippen molar-refractivity contribution in [3.63, 3.8) is 0 Å². The van der Waals surface area contributed by atoms with Gasteiger partial charge < -0.3 is 10.1 Å². The van der Waals surface area contributed by atoms with Crippen LogP contribution >= 0.6 is 23.2 Å². The first kappa shape index (κ1) is 27.8. The van der Waals surface area contributed by atoms with Crippen molar-refractivity contribution in [3.8, 4) is 5.75 Å². The Morgan fingerprint density at radius 2 is 1.30 bits per heavy atom. The second-order valence-electron chi connectivity index (χ2n) is 8.69. The summed E-state index contributed by atoms with van der Waals surface area (Å²) in [5, 5.41) is 3.52. The molecule has 1 amide bonds. The van der Waals surface area contributed by atoms with Crippen molar-refractivity contribution in [2.45, 2.75) is 15.9 Å². The molecule has 4 aromatic rings. The number of nitrogens with one attached hydrogen (secondary N) is 2. The van der Waals surface area contributed by atoms with E-state index in [1.54, 1.807) is 36.4 Å². The maximum absolute atomic E-state index is 13.5. The summed E-state index contributed by atoms with van der Waals surface area (Å²) in [6.07, 6.45) is -1.19. The smallest absolute Gasteiger partial charge is 0.267 e. The Morgan fingerprint density at radius 1 is 0.750 bits per heavy atom. The van der Waals surface area contributed by atoms with Gasteiger partial charge in [0.05, 0.1) is 22.0 Å². The average Bonchev–Trinajstić information content (AvgIpc) is 2.94. The number of sulfonamides is 2. The molecule has 0 radical (unpaired) electrons. The van der Waals surface area contributed by atoms with Gasteiger partial charge in [0.1, 0.15) is 5.75 Å². The molecule has 0 spiro atoms. The largest absolute Gasteiger partial charge is 0.476 e. The minimum Gasteiger partial charge on any atom is -0.476 e. The molecule has 1 unspecified atom stereocenters. The lowest BCUT2D eigenvalue weighted by molar-refractivity contribution is -0.122. The number of carbonyl (C=O) groups is 1. The number of nitrogens with zero attached hydrogens (tertiary/aromatic N) is 1. The Bertz CT molecular complexity index is 1760. The Morgan fingerprint density at radius 3 is 1.95 bits per heavy atom. The lowest BCUT2D eigenvalue weighted by Gasteiger charge is -2.34. The zero-order valence-corrected chi connectivity index (χ0v) is 23.6. The van der Waals surface area contributed by atoms with E-state index in [0.29, 0.717) is 27.1 Å². The highest BCUT2D eigenvalue weighted by Crippen LogP contribution is 2.37. The third kappa shape index (κ3) is 5.87. The molecule has 0 saturated heterocycles. The van der Waals surface area contributed by atoms with Crippen LogP contribution < -0.4 is 19.1 Å². The molecule has 40 heavy (non-hydrogen) atoms. The topological polar surface area (TPSA) is 122 Å². The third-order valence-corrected chi connectivity index (χ3v) is 9.65. The predicted octanol–water partition coefficient (Wildman–Crippen LogP) is 5.39. The molecule has 9 nitrogen and oxygen atoms in total. The van der Waals surface area contributed by atoms with Crippen molar-refractivity contribution in [1.29, 1.82) is 0 Å². The fraction of sp³-hybridized carbons (Fsp3) is 0.0741. The monoisotopic (exact) mass is 617 g/mol. The lowest BCUT2D eigenvalue weighted by Crippen LogP contribution is -2.48. The Kier molecular flexibility index (Phi) is 7.65. The van der Waals surface area contributed by atoms with Gasteiger partial charge in [-0.1, -0.05) is 35.3 Å². The van der Waals surface area contributed by atoms with Crippen LogP contribution in [0.1, 0.15) is 0 Å². The van der Waals surface area contributed by atoms with Crippen LogP contribution in [-0.4, -0.2) is 35.4 Å². The zero-order chi connectivity index (χ0) is 28.5. The minimum atomic E-state index is -4.05. The highest BCUT2D eigenvalue weighted by molar-refractivity contribution is 7.93. The molecule has 1 atom stereocenters. The molecule has 0 bridgehead atoms. The van der Waals surface area contributed by atoms with Gasteiger partial charge in [-0.3, -0.25) is 13.8 Å². The maximum Gasteiger partial charge on any atom is 0.267 e. The van der Waals surface area contributed by atoms with E-state index in [-0.39, 0.29) is 22.1 Å². The van der Waals surface area contributed by atoms with Gasteiger partial charge in [-0.2, -0.15) is 0 Å². The first-order valence-electron chi connectivity index (χ1n) is 11.8. The van der Waals surface area contributed by atoms with Crippen LogP contribution in [0.3, 0.4) is 0 Å². The first-order valence-corrected chi connectivity index (χ1v) is 15.4. The van der Waals surface area contributed by atoms with Crippen molar-refractivity contribution in [1.82, 2.24) is 0 Å². The summed E-state index contributed by atoms with van der Waals surface area (Å²) in [6.45, 7) is -0.286. The number of hydrogen-bond acceptors (Lipinski definition) is 6. The zero-order valence-electron chi connectivity index (χ0n) is 20.5. The second-order valence-corrected chi connectivity index (χ2v) is 13.1. The normalized spacial score (nSPS) is 15.1. The van der Waals surface area contributed by atoms with Crippen LogP contribution in [0.25, 0.3) is 0 Å². The van der Waals surface area contributed by atoms with E-state index in [0.717, 1.165) is 4.31 Å². The van der Waals surface area contributed by atoms with Crippen molar-refractivity contribution in [2.75, 3.05) is 20.9 Å². The van der Waals surface area contributed by atoms with Crippen molar-refractivity contribution >= 4 is 66.2 Å². The van der Waals surface area contributed by atoms with Gasteiger partial charge in [0.15, 0.2) is 6.10 Å². The fourth-order valence-corrected chi connectivity index (χ4v) is 6.76. The number of amides is 1. The molecule has 1 heterocycles. The lowest BCUT2D eigenvalue weighted by atomic mass is 10.2. The van der Waals surface area contributed by atoms with E-state index in [4.69, 9.17) is 27.9 Å². The maximum atomic E-state index is 13.5. The summed E-state index contributed by atoms with van der Waals surface area (Å²) in [5.41, 5.74) is 0.934. The van der Waals surface area contributed by atoms with Gasteiger partial charge in [0.2, 0.25) is 0 Å². The van der Waals surface area contributed by atoms with Crippen LogP contribution in [0.15, 0.2) is 107 Å². The van der Waals surface area contributed by atoms with E-state index in [2.05, 4.69) is 10.0 Å². The number of carbonyl (C=O) groups excluding carboxylic acids is 1. The number of halogens is 2. The van der Waals surface area contributed by atoms with Gasteiger partial charge >= 0.3 is 0 Å². The minimum absolute atomic E-state index is 0.0109. The molecule has 0 saturated carbocycles. The summed E-state index contributed by atoms with van der Waals surface area (Å²) in [5.74, 6) is -0.387. The van der Waals surface area contributed by atoms with Crippen LogP contribution in [0, 0.1) is 0 Å². The summed E-state index contributed by atoms with van der Waals surface area (Å²) in [7, 11) is -7.94. The Hall–Kier alpha value is -3.77. The molecule has 4 aromatic carbocycles. The predicted molar refractivity (Wildman–Crippen MR) is 154 cm³/mol. The van der Waals surface area contributed by atoms with Crippen molar-refractivity contribution in [3.05, 3.63) is 107 Å². The highest BCUT2D eigenvalue weighted by Gasteiger charge is 2.37. The molecule has 0 fully saturated rings. The van der Waals surface area contributed by atoms with Gasteiger partial charge in [-0.25, -0.2) is 16.8 Å². The molecule has 2 N–H and O–H groups in total. The van der Waals surface area contributed by atoms with Gasteiger partial charge in [0, 0.05) is 21.4 Å². The molecule has 0 aliphatic carbocycles. The first-order chi connectivity index (χ1) is 19.0. The van der Waals surface area contributed by atoms with Crippen LogP contribution in [-0.2, 0) is 24.8 Å². The van der Waals surface area contributed by atoms with Crippen molar-refractivity contribution in [2.24, 2.45) is 0 Å². The summed E-state index contributed by atoms with van der Waals surface area (Å²) in [4.78, 5) is 13.2. The number of fused-ring (bicyclic) bond motifs is 1. The standard InChI is InChI=1S/C27H21Cl2N3O6S2/c28-18-5-9-21(10-6-18)31-39(34,35)22-15-11-20(12-16-22)30-27(33)26-17-32(24-3-1-2-4-25(24)38-26)40(36,37)23-13-7-19(29)8-14-23/h1-16,26,31H,17H2,(H,30,33). The number of rotatable bonds is 7. The number of anilines is 3. The molecule has 0 aromatic heterocycles. The van der Waals surface area contributed by atoms with Crippen LogP contribution in [0.5, 0.6) is 5.75 Å². The second kappa shape index (κ2) is 11.0. The molecule has 206 valence electrons. The summed E-state index contributed by atoms with van der Waals surface area (Å²) < 4.78 is 61.9. The number of para-hydroxylation sites is 2. The molecule has 1 aliphatic heterocycles. The van der Waals surface area contributed by atoms with E-state index in [1.807, 2.05) is 0 Å². The summed E-state index contributed by atoms with van der Waals surface area (Å²) >= 11 is 11.8. The SMILES string of the molecule is O=C(Nc1ccc(S(=O)(=O)Nc2ccc(Cl)cc2)cc1)C1CN(S(=O)(=O)c2ccc(Cl)cc2)c2ccccc2O1. The summed E-state index contributed by atoms with van der Waals surface area (Å²) in [6, 6.07) is 23.9. The molecule has 1 aliphatic rings. The van der Waals surface area contributed by atoms with Crippen LogP contribution in [0.4, 0.5) is 17.1 Å². The van der Waals surface area contributed by atoms with Gasteiger partial charge in [0.25, 0.3) is 26.0 Å². The van der Waals surface area contributed by atoms with Crippen molar-refractivity contribution < 1.29 is 26.4 Å². The number of hydrogen-bond donors (Lipinski definition) is 2. The molecular weight excluding hydrogens is 597 g/mol. The van der Waals surface area contributed by atoms with Crippen LogP contribution in [0.2, 0.25) is 10.0 Å². The van der Waals surface area contributed by atoms with E-state index < -0.39 is 32.1 Å².